The lowest BCUT2D eigenvalue weighted by molar-refractivity contribution is 0.0952. The van der Waals surface area contributed by atoms with E-state index in [9.17, 15) is 4.79 Å². The summed E-state index contributed by atoms with van der Waals surface area (Å²) in [6, 6.07) is 24.0. The fourth-order valence-electron chi connectivity index (χ4n) is 4.48. The molecule has 0 radical (unpaired) electrons. The van der Waals surface area contributed by atoms with Gasteiger partial charge in [-0.2, -0.15) is 0 Å². The fraction of sp³-hybridized carbons (Fsp3) is 0.370. The number of thiophene rings is 1. The summed E-state index contributed by atoms with van der Waals surface area (Å²) in [7, 11) is 0. The zero-order valence-electron chi connectivity index (χ0n) is 18.9. The quantitative estimate of drug-likeness (QED) is 0.470. The number of amides is 1. The highest BCUT2D eigenvalue weighted by atomic mass is 32.1. The third-order valence-corrected chi connectivity index (χ3v) is 7.27. The Hall–Kier alpha value is -2.47. The van der Waals surface area contributed by atoms with E-state index >= 15 is 0 Å². The minimum Gasteiger partial charge on any atom is -0.351 e. The molecule has 5 heteroatoms. The highest BCUT2D eigenvalue weighted by Crippen LogP contribution is 2.29. The van der Waals surface area contributed by atoms with E-state index in [1.165, 1.54) is 22.5 Å². The molecule has 32 heavy (non-hydrogen) atoms. The maximum atomic E-state index is 12.2. The van der Waals surface area contributed by atoms with Gasteiger partial charge >= 0.3 is 0 Å². The second kappa shape index (κ2) is 11.4. The molecule has 0 saturated carbocycles. The third-order valence-electron chi connectivity index (χ3n) is 6.26. The molecule has 4 rings (SSSR count). The smallest absolute Gasteiger partial charge is 0.261 e. The maximum absolute atomic E-state index is 12.2. The SMILES string of the molecule is Cc1ccsc1C(=O)NCCCCN1CCN(C(c2ccccc2)c2ccccc2)CC1. The monoisotopic (exact) mass is 447 g/mol. The Morgan fingerprint density at radius 1 is 0.906 bits per heavy atom. The van der Waals surface area contributed by atoms with Gasteiger partial charge in [0.05, 0.1) is 10.9 Å². The first-order chi connectivity index (χ1) is 15.7. The minimum atomic E-state index is 0.0685. The van der Waals surface area contributed by atoms with Crippen molar-refractivity contribution in [2.24, 2.45) is 0 Å². The van der Waals surface area contributed by atoms with Crippen molar-refractivity contribution in [3.05, 3.63) is 93.7 Å². The van der Waals surface area contributed by atoms with Gasteiger partial charge in [-0.25, -0.2) is 0 Å². The van der Waals surface area contributed by atoms with Crippen LogP contribution in [0.5, 0.6) is 0 Å². The fourth-order valence-corrected chi connectivity index (χ4v) is 5.32. The summed E-state index contributed by atoms with van der Waals surface area (Å²) in [4.78, 5) is 18.2. The van der Waals surface area contributed by atoms with Crippen molar-refractivity contribution in [2.45, 2.75) is 25.8 Å². The standard InChI is InChI=1S/C27H33N3OS/c1-22-14-21-32-26(22)27(31)28-15-8-9-16-29-17-19-30(20-18-29)25(23-10-4-2-5-11-23)24-12-6-3-7-13-24/h2-7,10-14,21,25H,8-9,15-20H2,1H3,(H,28,31). The van der Waals surface area contributed by atoms with E-state index < -0.39 is 0 Å². The number of hydrogen-bond donors (Lipinski definition) is 1. The van der Waals surface area contributed by atoms with Gasteiger partial charge in [-0.1, -0.05) is 60.7 Å². The lowest BCUT2D eigenvalue weighted by Gasteiger charge is -2.39. The Morgan fingerprint density at radius 2 is 1.53 bits per heavy atom. The molecule has 0 bridgehead atoms. The van der Waals surface area contributed by atoms with Crippen molar-refractivity contribution in [1.82, 2.24) is 15.1 Å². The van der Waals surface area contributed by atoms with E-state index in [1.807, 2.05) is 18.4 Å². The third kappa shape index (κ3) is 5.85. The highest BCUT2D eigenvalue weighted by Gasteiger charge is 2.26. The van der Waals surface area contributed by atoms with Gasteiger partial charge in [0.2, 0.25) is 0 Å². The van der Waals surface area contributed by atoms with Crippen LogP contribution < -0.4 is 5.32 Å². The van der Waals surface area contributed by atoms with Crippen molar-refractivity contribution in [2.75, 3.05) is 39.3 Å². The average molecular weight is 448 g/mol. The van der Waals surface area contributed by atoms with Crippen molar-refractivity contribution in [3.63, 3.8) is 0 Å². The number of unbranched alkanes of at least 4 members (excludes halogenated alkanes) is 1. The largest absolute Gasteiger partial charge is 0.351 e. The van der Waals surface area contributed by atoms with Crippen molar-refractivity contribution >= 4 is 17.2 Å². The summed E-state index contributed by atoms with van der Waals surface area (Å²) in [5.41, 5.74) is 3.79. The number of carbonyl (C=O) groups excluding carboxylic acids is 1. The van der Waals surface area contributed by atoms with E-state index in [2.05, 4.69) is 75.8 Å². The highest BCUT2D eigenvalue weighted by molar-refractivity contribution is 7.12. The van der Waals surface area contributed by atoms with E-state index in [-0.39, 0.29) is 5.91 Å². The Morgan fingerprint density at radius 3 is 2.09 bits per heavy atom. The average Bonchev–Trinajstić information content (AvgIpc) is 3.27. The van der Waals surface area contributed by atoms with Crippen LogP contribution in [-0.2, 0) is 0 Å². The van der Waals surface area contributed by atoms with E-state index in [1.54, 1.807) is 0 Å². The van der Waals surface area contributed by atoms with Crippen LogP contribution in [0.4, 0.5) is 0 Å². The maximum Gasteiger partial charge on any atom is 0.261 e. The van der Waals surface area contributed by atoms with Crippen LogP contribution in [0.25, 0.3) is 0 Å². The van der Waals surface area contributed by atoms with Gasteiger partial charge in [0, 0.05) is 32.7 Å². The first-order valence-corrected chi connectivity index (χ1v) is 12.5. The molecule has 168 valence electrons. The molecule has 2 heterocycles. The molecule has 1 aliphatic heterocycles. The number of aryl methyl sites for hydroxylation is 1. The van der Waals surface area contributed by atoms with E-state index in [0.717, 1.165) is 62.6 Å². The van der Waals surface area contributed by atoms with Crippen molar-refractivity contribution in [3.8, 4) is 0 Å². The van der Waals surface area contributed by atoms with Gasteiger partial charge in [-0.05, 0) is 54.4 Å². The Bertz CT molecular complexity index is 925. The predicted octanol–water partition coefficient (Wildman–Crippen LogP) is 4.97. The minimum absolute atomic E-state index is 0.0685. The number of rotatable bonds is 9. The molecule has 0 spiro atoms. The molecule has 0 unspecified atom stereocenters. The first kappa shape index (κ1) is 22.7. The molecule has 1 aliphatic rings. The number of nitrogens with zero attached hydrogens (tertiary/aromatic N) is 2. The van der Waals surface area contributed by atoms with Gasteiger partial charge in [-0.3, -0.25) is 9.69 Å². The van der Waals surface area contributed by atoms with Gasteiger partial charge in [-0.15, -0.1) is 11.3 Å². The van der Waals surface area contributed by atoms with Crippen LogP contribution in [0.2, 0.25) is 0 Å². The molecule has 1 fully saturated rings. The molecule has 2 aromatic carbocycles. The molecule has 1 saturated heterocycles. The number of piperazine rings is 1. The van der Waals surface area contributed by atoms with Crippen molar-refractivity contribution in [1.29, 1.82) is 0 Å². The molecule has 4 nitrogen and oxygen atoms in total. The Labute approximate surface area is 195 Å². The number of hydrogen-bond acceptors (Lipinski definition) is 4. The Kier molecular flexibility index (Phi) is 8.10. The topological polar surface area (TPSA) is 35.6 Å². The second-order valence-electron chi connectivity index (χ2n) is 8.50. The zero-order chi connectivity index (χ0) is 22.2. The van der Waals surface area contributed by atoms with Crippen LogP contribution in [0, 0.1) is 6.92 Å². The summed E-state index contributed by atoms with van der Waals surface area (Å²) in [6.45, 7) is 8.17. The summed E-state index contributed by atoms with van der Waals surface area (Å²) in [5, 5.41) is 5.04. The lowest BCUT2D eigenvalue weighted by Crippen LogP contribution is -2.48. The summed E-state index contributed by atoms with van der Waals surface area (Å²) in [6.07, 6.45) is 2.14. The van der Waals surface area contributed by atoms with E-state index in [0.29, 0.717) is 6.04 Å². The molecule has 0 atom stereocenters. The first-order valence-electron chi connectivity index (χ1n) is 11.6. The normalized spacial score (nSPS) is 15.2. The number of benzene rings is 2. The summed E-state index contributed by atoms with van der Waals surface area (Å²) >= 11 is 1.52. The Balaban J connectivity index is 1.23. The van der Waals surface area contributed by atoms with Crippen LogP contribution in [0.1, 0.15) is 45.2 Å². The number of nitrogens with one attached hydrogen (secondary N) is 1. The van der Waals surface area contributed by atoms with Gasteiger partial charge in [0.25, 0.3) is 5.91 Å². The summed E-state index contributed by atoms with van der Waals surface area (Å²) < 4.78 is 0. The lowest BCUT2D eigenvalue weighted by atomic mass is 9.96. The molecule has 1 aromatic heterocycles. The molecular weight excluding hydrogens is 414 g/mol. The molecule has 0 aliphatic carbocycles. The van der Waals surface area contributed by atoms with Crippen LogP contribution >= 0.6 is 11.3 Å². The summed E-state index contributed by atoms with van der Waals surface area (Å²) in [5.74, 6) is 0.0685. The van der Waals surface area contributed by atoms with Gasteiger partial charge in [0.1, 0.15) is 0 Å². The second-order valence-corrected chi connectivity index (χ2v) is 9.41. The zero-order valence-corrected chi connectivity index (χ0v) is 19.7. The van der Waals surface area contributed by atoms with E-state index in [4.69, 9.17) is 0 Å². The van der Waals surface area contributed by atoms with Crippen LogP contribution in [0.15, 0.2) is 72.1 Å². The van der Waals surface area contributed by atoms with Crippen LogP contribution in [0.3, 0.4) is 0 Å². The van der Waals surface area contributed by atoms with Crippen LogP contribution in [-0.4, -0.2) is 55.0 Å². The van der Waals surface area contributed by atoms with Gasteiger partial charge < -0.3 is 10.2 Å². The molecule has 3 aromatic rings. The van der Waals surface area contributed by atoms with Crippen molar-refractivity contribution < 1.29 is 4.79 Å². The van der Waals surface area contributed by atoms with Gasteiger partial charge in [0.15, 0.2) is 0 Å². The number of carbonyl (C=O) groups is 1. The predicted molar refractivity (Wildman–Crippen MR) is 133 cm³/mol. The molecule has 1 N–H and O–H groups in total. The molecule has 1 amide bonds. The molecular formula is C27H33N3OS.